The van der Waals surface area contributed by atoms with Gasteiger partial charge in [-0.25, -0.2) is 9.29 Å². The molecule has 0 saturated carbocycles. The number of halogens is 1. The Morgan fingerprint density at radius 1 is 0.964 bits per heavy atom. The zero-order valence-corrected chi connectivity index (χ0v) is 15.2. The number of carbonyl (C=O) groups is 3. The molecule has 5 rings (SSSR count). The van der Waals surface area contributed by atoms with Crippen molar-refractivity contribution < 1.29 is 23.7 Å². The monoisotopic (exact) mass is 379 g/mol. The van der Waals surface area contributed by atoms with Gasteiger partial charge in [-0.2, -0.15) is 0 Å². The molecule has 2 amide bonds. The fourth-order valence-corrected chi connectivity index (χ4v) is 5.37. The highest BCUT2D eigenvalue weighted by Crippen LogP contribution is 2.40. The van der Waals surface area contributed by atoms with Crippen molar-refractivity contribution in [3.8, 4) is 0 Å². The first-order chi connectivity index (χ1) is 13.6. The largest absolute Gasteiger partial charge is 0.322 e. The summed E-state index contributed by atoms with van der Waals surface area (Å²) in [4.78, 5) is 42.1. The Kier molecular flexibility index (Phi) is 3.91. The van der Waals surface area contributed by atoms with Crippen LogP contribution < -0.4 is 9.80 Å². The highest BCUT2D eigenvalue weighted by molar-refractivity contribution is 6.24. The molecule has 6 heteroatoms. The number of benzene rings is 2. The summed E-state index contributed by atoms with van der Waals surface area (Å²) < 4.78 is 13.3. The summed E-state index contributed by atoms with van der Waals surface area (Å²) >= 11 is 0. The Morgan fingerprint density at radius 2 is 1.64 bits per heavy atom. The van der Waals surface area contributed by atoms with E-state index in [0.717, 1.165) is 24.3 Å². The second-order valence-corrected chi connectivity index (χ2v) is 7.82. The molecule has 0 spiro atoms. The van der Waals surface area contributed by atoms with Crippen molar-refractivity contribution in [2.45, 2.75) is 24.9 Å². The van der Waals surface area contributed by atoms with Crippen molar-refractivity contribution in [3.05, 3.63) is 66.0 Å². The molecule has 1 unspecified atom stereocenters. The van der Waals surface area contributed by atoms with E-state index in [-0.39, 0.29) is 23.6 Å². The molecule has 3 aliphatic heterocycles. The number of hydrogen-bond donors (Lipinski definition) is 1. The molecule has 1 N–H and O–H groups in total. The fraction of sp³-hybridized carbons (Fsp3) is 0.318. The number of hydrogen-bond acceptors (Lipinski definition) is 3. The smallest absolute Gasteiger partial charge is 0.244 e. The Labute approximate surface area is 161 Å². The summed E-state index contributed by atoms with van der Waals surface area (Å²) in [6.45, 7) is 0.779. The van der Waals surface area contributed by atoms with E-state index in [2.05, 4.69) is 0 Å². The van der Waals surface area contributed by atoms with E-state index >= 15 is 0 Å². The number of ketones is 1. The maximum atomic E-state index is 13.3. The molecule has 28 heavy (non-hydrogen) atoms. The van der Waals surface area contributed by atoms with Gasteiger partial charge in [0.15, 0.2) is 6.04 Å². The van der Waals surface area contributed by atoms with Crippen molar-refractivity contribution in [1.29, 1.82) is 0 Å². The van der Waals surface area contributed by atoms with Gasteiger partial charge in [0.1, 0.15) is 23.7 Å². The van der Waals surface area contributed by atoms with Gasteiger partial charge in [-0.15, -0.1) is 0 Å². The molecule has 2 aromatic rings. The lowest BCUT2D eigenvalue weighted by Gasteiger charge is -2.25. The van der Waals surface area contributed by atoms with E-state index in [1.165, 1.54) is 29.2 Å². The Morgan fingerprint density at radius 3 is 2.36 bits per heavy atom. The molecule has 3 saturated heterocycles. The topological polar surface area (TPSA) is 58.9 Å². The highest BCUT2D eigenvalue weighted by Gasteiger charge is 2.68. The van der Waals surface area contributed by atoms with Gasteiger partial charge in [0.05, 0.1) is 12.2 Å². The molecule has 0 bridgehead atoms. The zero-order valence-electron chi connectivity index (χ0n) is 15.2. The average molecular weight is 379 g/mol. The van der Waals surface area contributed by atoms with Gasteiger partial charge < -0.3 is 4.90 Å². The normalized spacial score (nSPS) is 31.2. The van der Waals surface area contributed by atoms with Gasteiger partial charge in [0.25, 0.3) is 0 Å². The molecule has 0 aliphatic carbocycles. The number of quaternary nitrogens is 1. The van der Waals surface area contributed by atoms with E-state index in [0.29, 0.717) is 11.3 Å². The number of amides is 2. The maximum absolute atomic E-state index is 13.3. The number of anilines is 1. The number of nitrogens with one attached hydrogen (secondary N) is 1. The summed E-state index contributed by atoms with van der Waals surface area (Å²) in [6.07, 6.45) is 1.77. The van der Waals surface area contributed by atoms with Gasteiger partial charge in [-0.3, -0.25) is 14.4 Å². The molecule has 3 aliphatic rings. The van der Waals surface area contributed by atoms with E-state index in [4.69, 9.17) is 0 Å². The lowest BCUT2D eigenvalue weighted by atomic mass is 9.85. The third-order valence-corrected chi connectivity index (χ3v) is 6.47. The van der Waals surface area contributed by atoms with Crippen LogP contribution in [0, 0.1) is 17.7 Å². The molecular weight excluding hydrogens is 359 g/mol. The minimum Gasteiger partial charge on any atom is -0.322 e. The van der Waals surface area contributed by atoms with Crippen molar-refractivity contribution in [2.24, 2.45) is 11.8 Å². The minimum atomic E-state index is -0.648. The summed E-state index contributed by atoms with van der Waals surface area (Å²) in [5, 5.41) is 0. The van der Waals surface area contributed by atoms with Crippen LogP contribution in [0.1, 0.15) is 23.2 Å². The predicted octanol–water partition coefficient (Wildman–Crippen LogP) is 1.24. The second-order valence-electron chi connectivity index (χ2n) is 7.82. The fourth-order valence-electron chi connectivity index (χ4n) is 5.37. The third-order valence-electron chi connectivity index (χ3n) is 6.47. The molecule has 142 valence electrons. The van der Waals surface area contributed by atoms with E-state index < -0.39 is 23.7 Å². The second kappa shape index (κ2) is 6.34. The van der Waals surface area contributed by atoms with Crippen LogP contribution in [0.2, 0.25) is 0 Å². The lowest BCUT2D eigenvalue weighted by Crippen LogP contribution is -3.16. The first-order valence-corrected chi connectivity index (χ1v) is 9.66. The molecule has 2 aromatic carbocycles. The molecule has 5 atom stereocenters. The average Bonchev–Trinajstić information content (AvgIpc) is 3.35. The first-order valence-electron chi connectivity index (χ1n) is 9.66. The van der Waals surface area contributed by atoms with Gasteiger partial charge in [0.2, 0.25) is 17.6 Å². The van der Waals surface area contributed by atoms with Crippen molar-refractivity contribution in [2.75, 3.05) is 11.4 Å². The number of para-hydroxylation sites is 1. The standard InChI is InChI=1S/C22H19FN2O3/c23-14-10-8-13(9-11-14)20(26)19-18-17(16-7-4-12-24(16)19)21(27)25(22(18)28)15-5-2-1-3-6-15/h1-3,5-6,8-11,16-19H,4,7,12H2/p+1/t16-,17+,18-,19-/m0/s1. The Balaban J connectivity index is 1.55. The molecule has 0 aromatic heterocycles. The molecule has 5 nitrogen and oxygen atoms in total. The van der Waals surface area contributed by atoms with Crippen LogP contribution in [0.4, 0.5) is 10.1 Å². The highest BCUT2D eigenvalue weighted by atomic mass is 19.1. The quantitative estimate of drug-likeness (QED) is 0.645. The van der Waals surface area contributed by atoms with Crippen LogP contribution in [-0.2, 0) is 9.59 Å². The number of fused-ring (bicyclic) bond motifs is 3. The summed E-state index contributed by atoms with van der Waals surface area (Å²) in [5.41, 5.74) is 0.947. The maximum Gasteiger partial charge on any atom is 0.244 e. The van der Waals surface area contributed by atoms with E-state index in [9.17, 15) is 18.8 Å². The summed E-state index contributed by atoms with van der Waals surface area (Å²) in [5.74, 6) is -2.17. The third kappa shape index (κ3) is 2.37. The lowest BCUT2D eigenvalue weighted by molar-refractivity contribution is -0.915. The van der Waals surface area contributed by atoms with Crippen LogP contribution in [0.15, 0.2) is 54.6 Å². The van der Waals surface area contributed by atoms with Crippen molar-refractivity contribution >= 4 is 23.3 Å². The molecule has 3 fully saturated rings. The van der Waals surface area contributed by atoms with Gasteiger partial charge in [-0.05, 0) is 36.4 Å². The van der Waals surface area contributed by atoms with Crippen LogP contribution in [-0.4, -0.2) is 36.2 Å². The van der Waals surface area contributed by atoms with E-state index in [1.807, 2.05) is 6.07 Å². The van der Waals surface area contributed by atoms with Crippen LogP contribution in [0.25, 0.3) is 0 Å². The molecule has 0 radical (unpaired) electrons. The summed E-state index contributed by atoms with van der Waals surface area (Å²) in [7, 11) is 0. The van der Waals surface area contributed by atoms with Crippen LogP contribution in [0.3, 0.4) is 0 Å². The zero-order chi connectivity index (χ0) is 19.4. The number of rotatable bonds is 3. The summed E-state index contributed by atoms with van der Waals surface area (Å²) in [6, 6.07) is 13.7. The van der Waals surface area contributed by atoms with Gasteiger partial charge in [-0.1, -0.05) is 18.2 Å². The van der Waals surface area contributed by atoms with Crippen LogP contribution >= 0.6 is 0 Å². The predicted molar refractivity (Wildman–Crippen MR) is 99.3 cm³/mol. The molecular formula is C22H20FN2O3+. The number of imide groups is 1. The first kappa shape index (κ1) is 17.3. The van der Waals surface area contributed by atoms with Gasteiger partial charge >= 0.3 is 0 Å². The van der Waals surface area contributed by atoms with Crippen molar-refractivity contribution in [3.63, 3.8) is 0 Å². The number of Topliss-reactive ketones (excluding diaryl/α,β-unsaturated/α-hetero) is 1. The SMILES string of the molecule is O=C(c1ccc(F)cc1)[C@@H]1[C@H]2C(=O)N(c3ccccc3)C(=O)[C@@H]2[C@@H]2CCC[NH+]12. The van der Waals surface area contributed by atoms with Crippen LogP contribution in [0.5, 0.6) is 0 Å². The Hall–Kier alpha value is -2.86. The minimum absolute atomic E-state index is 0.00967. The van der Waals surface area contributed by atoms with E-state index in [1.54, 1.807) is 24.3 Å². The van der Waals surface area contributed by atoms with Gasteiger partial charge in [0, 0.05) is 18.4 Å². The van der Waals surface area contributed by atoms with Crippen molar-refractivity contribution in [1.82, 2.24) is 0 Å². The number of nitrogens with zero attached hydrogens (tertiary/aromatic N) is 1. The molecule has 3 heterocycles. The number of carbonyl (C=O) groups excluding carboxylic acids is 3. The Bertz CT molecular complexity index is 960.